The number of nitrogens with one attached hydrogen (secondary N) is 2. The number of nitrogens with zero attached hydrogens (tertiary/aromatic N) is 4. The summed E-state index contributed by atoms with van der Waals surface area (Å²) in [6.45, 7) is 4.29. The Hall–Kier alpha value is -3.72. The van der Waals surface area contributed by atoms with Crippen molar-refractivity contribution in [3.05, 3.63) is 59.6 Å². The first-order chi connectivity index (χ1) is 16.0. The van der Waals surface area contributed by atoms with Crippen LogP contribution >= 0.6 is 0 Å². The summed E-state index contributed by atoms with van der Waals surface area (Å²) in [6, 6.07) is 9.44. The zero-order valence-corrected chi connectivity index (χ0v) is 18.4. The number of ketones is 1. The molecule has 1 aromatic carbocycles. The Morgan fingerprint density at radius 3 is 2.88 bits per heavy atom. The Morgan fingerprint density at radius 1 is 1.24 bits per heavy atom. The minimum atomic E-state index is -0.309. The number of fused-ring (bicyclic) bond motifs is 3. The molecule has 5 rings (SSSR count). The molecule has 1 fully saturated rings. The van der Waals surface area contributed by atoms with Crippen LogP contribution in [0.2, 0.25) is 0 Å². The maximum atomic E-state index is 13.0. The summed E-state index contributed by atoms with van der Waals surface area (Å²) in [5.41, 5.74) is 3.36. The van der Waals surface area contributed by atoms with Crippen LogP contribution in [0.5, 0.6) is 0 Å². The van der Waals surface area contributed by atoms with Crippen molar-refractivity contribution >= 4 is 34.7 Å². The number of aliphatic hydroxyl groups excluding tert-OH is 1. The number of aliphatic hydroxyl groups is 1. The van der Waals surface area contributed by atoms with Crippen molar-refractivity contribution in [3.63, 3.8) is 0 Å². The van der Waals surface area contributed by atoms with Crippen LogP contribution in [-0.4, -0.2) is 64.8 Å². The minimum Gasteiger partial charge on any atom is -0.391 e. The first kappa shape index (κ1) is 21.1. The van der Waals surface area contributed by atoms with Crippen molar-refractivity contribution in [2.24, 2.45) is 4.99 Å². The van der Waals surface area contributed by atoms with Gasteiger partial charge in [0, 0.05) is 55.6 Å². The summed E-state index contributed by atoms with van der Waals surface area (Å²) >= 11 is 0. The number of carbonyl (C=O) groups is 2. The fourth-order valence-corrected chi connectivity index (χ4v) is 4.45. The Kier molecular flexibility index (Phi) is 5.55. The van der Waals surface area contributed by atoms with Crippen LogP contribution in [0.25, 0.3) is 0 Å². The van der Waals surface area contributed by atoms with E-state index in [2.05, 4.69) is 43.7 Å². The van der Waals surface area contributed by atoms with Crippen molar-refractivity contribution < 1.29 is 14.7 Å². The summed E-state index contributed by atoms with van der Waals surface area (Å²) in [7, 11) is 0. The van der Waals surface area contributed by atoms with Gasteiger partial charge in [0.25, 0.3) is 0 Å². The zero-order valence-electron chi connectivity index (χ0n) is 18.4. The van der Waals surface area contributed by atoms with Crippen LogP contribution in [0.1, 0.15) is 35.7 Å². The number of aliphatic imine (C=N–C) groups is 1. The Balaban J connectivity index is 1.41. The summed E-state index contributed by atoms with van der Waals surface area (Å²) < 4.78 is 0. The van der Waals surface area contributed by atoms with Crippen LogP contribution in [0.3, 0.4) is 0 Å². The topological polar surface area (TPSA) is 110 Å². The molecule has 0 radical (unpaired) electrons. The molecular formula is C24H26N6O3. The molecule has 1 atom stereocenters. The highest BCUT2D eigenvalue weighted by atomic mass is 16.3. The summed E-state index contributed by atoms with van der Waals surface area (Å²) in [4.78, 5) is 37.1. The number of benzene rings is 1. The lowest BCUT2D eigenvalue weighted by atomic mass is 10.0. The van der Waals surface area contributed by atoms with Gasteiger partial charge in [-0.3, -0.25) is 14.6 Å². The van der Waals surface area contributed by atoms with E-state index in [0.717, 1.165) is 42.2 Å². The monoisotopic (exact) mass is 446 g/mol. The quantitative estimate of drug-likeness (QED) is 0.488. The first-order valence-corrected chi connectivity index (χ1v) is 11.1. The largest absolute Gasteiger partial charge is 0.391 e. The predicted octanol–water partition coefficient (Wildman–Crippen LogP) is 2.21. The second-order valence-corrected chi connectivity index (χ2v) is 8.46. The lowest BCUT2D eigenvalue weighted by Gasteiger charge is -2.35. The molecule has 2 aromatic rings. The molecule has 1 amide bonds. The highest BCUT2D eigenvalue weighted by molar-refractivity contribution is 6.10. The van der Waals surface area contributed by atoms with Gasteiger partial charge in [0.1, 0.15) is 17.5 Å². The molecule has 1 saturated heterocycles. The number of hydrogen-bond acceptors (Lipinski definition) is 8. The highest BCUT2D eigenvalue weighted by Crippen LogP contribution is 2.34. The third-order valence-electron chi connectivity index (χ3n) is 6.02. The number of piperidine rings is 1. The van der Waals surface area contributed by atoms with Gasteiger partial charge in [0.2, 0.25) is 5.91 Å². The third kappa shape index (κ3) is 4.31. The van der Waals surface area contributed by atoms with E-state index < -0.39 is 0 Å². The molecule has 3 N–H and O–H groups in total. The molecule has 170 valence electrons. The van der Waals surface area contributed by atoms with E-state index in [1.165, 1.54) is 13.1 Å². The molecule has 0 bridgehead atoms. The molecule has 0 aliphatic carbocycles. The molecule has 9 nitrogen and oxygen atoms in total. The second kappa shape index (κ2) is 8.67. The molecule has 9 heteroatoms. The van der Waals surface area contributed by atoms with E-state index in [1.807, 2.05) is 4.90 Å². The number of pyridine rings is 1. The van der Waals surface area contributed by atoms with Gasteiger partial charge in [-0.05, 0) is 43.2 Å². The van der Waals surface area contributed by atoms with Crippen LogP contribution in [0, 0.1) is 0 Å². The van der Waals surface area contributed by atoms with E-state index >= 15 is 0 Å². The van der Waals surface area contributed by atoms with E-state index in [9.17, 15) is 14.7 Å². The number of rotatable bonds is 4. The fraction of sp³-hybridized carbons (Fsp3) is 0.333. The lowest BCUT2D eigenvalue weighted by Crippen LogP contribution is -2.39. The van der Waals surface area contributed by atoms with Crippen LogP contribution < -0.4 is 15.5 Å². The van der Waals surface area contributed by atoms with Gasteiger partial charge >= 0.3 is 0 Å². The fourth-order valence-electron chi connectivity index (χ4n) is 4.45. The normalized spacial score (nSPS) is 20.6. The van der Waals surface area contributed by atoms with Gasteiger partial charge in [-0.15, -0.1) is 0 Å². The van der Waals surface area contributed by atoms with Crippen LogP contribution in [0.15, 0.2) is 53.4 Å². The zero-order chi connectivity index (χ0) is 22.9. The SMILES string of the molecule is CC(=O)Nc1ccc(C(=O)C=C2Nc3cc(N4CCCC(O)C4)ccc3C3=NCCN23)cn1. The molecule has 3 aliphatic heterocycles. The van der Waals surface area contributed by atoms with E-state index in [0.29, 0.717) is 36.8 Å². The number of hydrogen-bond donors (Lipinski definition) is 3. The smallest absolute Gasteiger partial charge is 0.222 e. The van der Waals surface area contributed by atoms with Crippen molar-refractivity contribution in [1.29, 1.82) is 0 Å². The van der Waals surface area contributed by atoms with Crippen molar-refractivity contribution in [3.8, 4) is 0 Å². The standard InChI is InChI=1S/C24H26N6O3/c1-15(31)27-22-7-4-16(13-26-22)21(33)12-23-28-20-11-17(29-9-2-3-18(32)14-29)5-6-19(20)24-25-8-10-30(23)24/h4-7,11-13,18,28,32H,2-3,8-10,14H2,1H3,(H,26,27,31). The predicted molar refractivity (Wildman–Crippen MR) is 127 cm³/mol. The lowest BCUT2D eigenvalue weighted by molar-refractivity contribution is -0.114. The number of allylic oxidation sites excluding steroid dienone is 1. The maximum Gasteiger partial charge on any atom is 0.222 e. The Labute approximate surface area is 191 Å². The average Bonchev–Trinajstić information content (AvgIpc) is 3.29. The molecular weight excluding hydrogens is 420 g/mol. The molecule has 1 unspecified atom stereocenters. The van der Waals surface area contributed by atoms with Crippen LogP contribution in [0.4, 0.5) is 17.2 Å². The Bertz CT molecular complexity index is 1160. The maximum absolute atomic E-state index is 13.0. The highest BCUT2D eigenvalue weighted by Gasteiger charge is 2.30. The van der Waals surface area contributed by atoms with Gasteiger partial charge < -0.3 is 25.5 Å². The van der Waals surface area contributed by atoms with E-state index in [1.54, 1.807) is 18.2 Å². The number of amides is 1. The minimum absolute atomic E-state index is 0.190. The third-order valence-corrected chi connectivity index (χ3v) is 6.02. The average molecular weight is 447 g/mol. The van der Waals surface area contributed by atoms with E-state index in [-0.39, 0.29) is 17.8 Å². The van der Waals surface area contributed by atoms with Gasteiger partial charge in [0.05, 0.1) is 18.3 Å². The van der Waals surface area contributed by atoms with Crippen molar-refractivity contribution in [2.75, 3.05) is 41.7 Å². The number of carbonyl (C=O) groups excluding carboxylic acids is 2. The molecule has 33 heavy (non-hydrogen) atoms. The summed E-state index contributed by atoms with van der Waals surface area (Å²) in [6.07, 6.45) is 4.51. The summed E-state index contributed by atoms with van der Waals surface area (Å²) in [5.74, 6) is 1.52. The van der Waals surface area contributed by atoms with Crippen LogP contribution in [-0.2, 0) is 4.79 Å². The van der Waals surface area contributed by atoms with Gasteiger partial charge in [-0.25, -0.2) is 4.98 Å². The van der Waals surface area contributed by atoms with Gasteiger partial charge in [-0.1, -0.05) is 0 Å². The second-order valence-electron chi connectivity index (χ2n) is 8.46. The van der Waals surface area contributed by atoms with Gasteiger partial charge in [-0.2, -0.15) is 0 Å². The Morgan fingerprint density at radius 2 is 2.12 bits per heavy atom. The molecule has 4 heterocycles. The molecule has 0 spiro atoms. The number of anilines is 3. The van der Waals surface area contributed by atoms with Crippen molar-refractivity contribution in [2.45, 2.75) is 25.9 Å². The molecule has 3 aliphatic rings. The van der Waals surface area contributed by atoms with E-state index in [4.69, 9.17) is 0 Å². The number of aromatic nitrogens is 1. The van der Waals surface area contributed by atoms with Crippen molar-refractivity contribution in [1.82, 2.24) is 9.88 Å². The first-order valence-electron chi connectivity index (χ1n) is 11.1. The molecule has 1 aromatic heterocycles. The van der Waals surface area contributed by atoms with Gasteiger partial charge in [0.15, 0.2) is 5.78 Å². The number of β-amino-alcohol motifs (C(OH)–C–C–N with tert-alkyl or cyclic N) is 1. The molecule has 0 saturated carbocycles. The number of amidine groups is 1. The summed E-state index contributed by atoms with van der Waals surface area (Å²) in [5, 5.41) is 16.1.